The number of fused-ring (bicyclic) bond motifs is 1. The lowest BCUT2D eigenvalue weighted by Crippen LogP contribution is -2.29. The monoisotopic (exact) mass is 470 g/mol. The molecule has 9 heteroatoms. The van der Waals surface area contributed by atoms with Crippen LogP contribution in [0.5, 0.6) is 5.75 Å². The first-order chi connectivity index (χ1) is 13.5. The van der Waals surface area contributed by atoms with Crippen molar-refractivity contribution in [2.45, 2.75) is 31.2 Å². The summed E-state index contributed by atoms with van der Waals surface area (Å²) in [4.78, 5) is 11.5. The molecule has 5 nitrogen and oxygen atoms in total. The quantitative estimate of drug-likeness (QED) is 0.341. The molecule has 2 N–H and O–H groups in total. The van der Waals surface area contributed by atoms with Gasteiger partial charge in [0.05, 0.1) is 0 Å². The molecular weight excluding hydrogens is 447 g/mol. The molecule has 1 aliphatic heterocycles. The molecule has 2 aromatic carbocycles. The minimum atomic E-state index is -2.12. The number of benzene rings is 2. The molecule has 1 amide bonds. The highest BCUT2D eigenvalue weighted by Gasteiger charge is 2.35. The van der Waals surface area contributed by atoms with Crippen molar-refractivity contribution in [3.05, 3.63) is 58.6 Å². The third-order valence-corrected chi connectivity index (χ3v) is 11.2. The molecule has 0 spiro atoms. The van der Waals surface area contributed by atoms with Crippen LogP contribution in [0.1, 0.15) is 30.3 Å². The van der Waals surface area contributed by atoms with E-state index >= 15 is 0 Å². The van der Waals surface area contributed by atoms with E-state index in [1.54, 1.807) is 0 Å². The second-order valence-corrected chi connectivity index (χ2v) is 14.6. The fraction of sp³-hybridized carbons (Fsp3) is 0.350. The lowest BCUT2D eigenvalue weighted by atomic mass is 10.0. The van der Waals surface area contributed by atoms with E-state index in [0.717, 1.165) is 28.6 Å². The van der Waals surface area contributed by atoms with Crippen molar-refractivity contribution in [3.8, 4) is 5.75 Å². The van der Waals surface area contributed by atoms with Crippen LogP contribution in [0.25, 0.3) is 0 Å². The van der Waals surface area contributed by atoms with Gasteiger partial charge in [0.25, 0.3) is 0 Å². The summed E-state index contributed by atoms with van der Waals surface area (Å²) in [7, 11) is 1.91. The molecule has 0 aliphatic carbocycles. The van der Waals surface area contributed by atoms with Gasteiger partial charge in [-0.25, -0.2) is 8.87 Å². The number of rotatable bonds is 6. The lowest BCUT2D eigenvalue weighted by Gasteiger charge is -2.32. The van der Waals surface area contributed by atoms with Gasteiger partial charge in [-0.15, -0.1) is 0 Å². The number of nitrogens with one attached hydrogen (secondary N) is 1. The van der Waals surface area contributed by atoms with Gasteiger partial charge in [-0.05, 0) is 55.5 Å². The Morgan fingerprint density at radius 2 is 2.00 bits per heavy atom. The summed E-state index contributed by atoms with van der Waals surface area (Å²) < 4.78 is 8.15. The molecule has 156 valence electrons. The number of hydrogen-bond donors (Lipinski definition) is 2. The maximum absolute atomic E-state index is 11.5. The second kappa shape index (κ2) is 8.48. The average molecular weight is 471 g/mol. The van der Waals surface area contributed by atoms with E-state index in [0.29, 0.717) is 5.02 Å². The van der Waals surface area contributed by atoms with Crippen LogP contribution in [0, 0.1) is 0 Å². The summed E-state index contributed by atoms with van der Waals surface area (Å²) in [5.41, 5.74) is 1.58. The molecule has 0 saturated carbocycles. The maximum Gasteiger partial charge on any atom is 0.405 e. The summed E-state index contributed by atoms with van der Waals surface area (Å²) in [5.74, 6) is 0.757. The number of para-hydroxylation sites is 1. The van der Waals surface area contributed by atoms with Crippen molar-refractivity contribution in [1.29, 1.82) is 0 Å². The van der Waals surface area contributed by atoms with Crippen molar-refractivity contribution in [2.75, 3.05) is 13.7 Å². The summed E-state index contributed by atoms with van der Waals surface area (Å²) in [5, 5.41) is 13.2. The largest absolute Gasteiger partial charge is 0.487 e. The van der Waals surface area contributed by atoms with Crippen molar-refractivity contribution >= 4 is 52.9 Å². The van der Waals surface area contributed by atoms with Gasteiger partial charge in [0.15, 0.2) is 0 Å². The normalized spacial score (nSPS) is 17.9. The van der Waals surface area contributed by atoms with Gasteiger partial charge < -0.3 is 15.2 Å². The zero-order valence-corrected chi connectivity index (χ0v) is 20.0. The van der Waals surface area contributed by atoms with Gasteiger partial charge in [0.2, 0.25) is 0 Å². The molecule has 2 aromatic rings. The fourth-order valence-electron chi connectivity index (χ4n) is 3.24. The highest BCUT2D eigenvalue weighted by molar-refractivity contribution is 8.21. The van der Waals surface area contributed by atoms with E-state index in [1.807, 2.05) is 74.1 Å². The zero-order valence-electron chi connectivity index (χ0n) is 16.7. The Kier molecular flexibility index (Phi) is 6.56. The zero-order chi connectivity index (χ0) is 21.4. The Morgan fingerprint density at radius 3 is 2.62 bits per heavy atom. The Labute approximate surface area is 186 Å². The summed E-state index contributed by atoms with van der Waals surface area (Å²) in [6.45, 7) is 6.08. The van der Waals surface area contributed by atoms with Crippen molar-refractivity contribution < 1.29 is 14.6 Å². The van der Waals surface area contributed by atoms with E-state index in [9.17, 15) is 9.90 Å². The Bertz CT molecular complexity index is 969. The van der Waals surface area contributed by atoms with Gasteiger partial charge in [-0.3, -0.25) is 0 Å². The van der Waals surface area contributed by atoms with Gasteiger partial charge in [0, 0.05) is 30.2 Å². The first kappa shape index (κ1) is 22.4. The summed E-state index contributed by atoms with van der Waals surface area (Å²) in [6, 6.07) is 13.4. The molecule has 0 aromatic heterocycles. The molecular formula is C20H24ClN2O3PS2. The predicted octanol–water partition coefficient (Wildman–Crippen LogP) is 5.25. The average Bonchev–Trinajstić information content (AvgIpc) is 2.94. The van der Waals surface area contributed by atoms with E-state index in [4.69, 9.17) is 28.1 Å². The molecule has 0 fully saturated rings. The predicted molar refractivity (Wildman–Crippen MR) is 125 cm³/mol. The Balaban J connectivity index is 1.91. The van der Waals surface area contributed by atoms with Crippen LogP contribution in [-0.4, -0.2) is 34.6 Å². The molecule has 2 atom stereocenters. The fourth-order valence-corrected chi connectivity index (χ4v) is 7.15. The van der Waals surface area contributed by atoms with E-state index < -0.39 is 17.7 Å². The minimum Gasteiger partial charge on any atom is -0.487 e. The van der Waals surface area contributed by atoms with Gasteiger partial charge >= 0.3 is 6.09 Å². The summed E-state index contributed by atoms with van der Waals surface area (Å²) in [6.07, 6.45) is -2.43. The van der Waals surface area contributed by atoms with Crippen LogP contribution in [0.3, 0.4) is 0 Å². The number of ether oxygens (including phenoxy) is 1. The smallest absolute Gasteiger partial charge is 0.405 e. The standard InChI is InChI=1S/C20H24ClN2O3PS2/c1-20(2)12-13-6-5-7-16(17(13)26-20)18(22-19(24)25)29-23(3)27(4,28)15-10-8-14(21)9-11-15/h5-11,18,22H,12H2,1-4H3,(H,24,25). The second-order valence-electron chi connectivity index (χ2n) is 7.63. The minimum absolute atomic E-state index is 0.314. The van der Waals surface area contributed by atoms with Crippen LogP contribution in [0.2, 0.25) is 5.02 Å². The number of halogens is 1. The first-order valence-electron chi connectivity index (χ1n) is 9.04. The number of nitrogens with zero attached hydrogens (tertiary/aromatic N) is 1. The number of carbonyl (C=O) groups is 1. The van der Waals surface area contributed by atoms with Gasteiger partial charge in [0.1, 0.15) is 16.7 Å². The van der Waals surface area contributed by atoms with Crippen molar-refractivity contribution in [3.63, 3.8) is 0 Å². The molecule has 0 radical (unpaired) electrons. The highest BCUT2D eigenvalue weighted by atomic mass is 35.5. The van der Waals surface area contributed by atoms with Crippen molar-refractivity contribution in [2.24, 2.45) is 0 Å². The first-order valence-corrected chi connectivity index (χ1v) is 13.5. The number of amides is 1. The van der Waals surface area contributed by atoms with Crippen LogP contribution in [-0.2, 0) is 18.2 Å². The van der Waals surface area contributed by atoms with Gasteiger partial charge in [-0.1, -0.05) is 53.7 Å². The van der Waals surface area contributed by atoms with E-state index in [-0.39, 0.29) is 5.60 Å². The number of hydrogen-bond acceptors (Lipinski definition) is 4. The van der Waals surface area contributed by atoms with Crippen LogP contribution in [0.4, 0.5) is 4.79 Å². The van der Waals surface area contributed by atoms with E-state index in [2.05, 4.69) is 5.32 Å². The molecule has 3 rings (SSSR count). The molecule has 1 aliphatic rings. The Morgan fingerprint density at radius 1 is 1.34 bits per heavy atom. The lowest BCUT2D eigenvalue weighted by molar-refractivity contribution is 0.137. The molecule has 2 unspecified atom stereocenters. The molecule has 1 heterocycles. The maximum atomic E-state index is 11.5. The highest BCUT2D eigenvalue weighted by Crippen LogP contribution is 2.52. The number of carboxylic acid groups (broad SMARTS) is 1. The third kappa shape index (κ3) is 5.09. The van der Waals surface area contributed by atoms with Crippen LogP contribution < -0.4 is 15.4 Å². The SMILES string of the molecule is CN(SC(NC(=O)O)c1cccc2c1OC(C)(C)C2)P(C)(=S)c1ccc(Cl)cc1. The molecule has 0 saturated heterocycles. The van der Waals surface area contributed by atoms with Gasteiger partial charge in [-0.2, -0.15) is 0 Å². The van der Waals surface area contributed by atoms with E-state index in [1.165, 1.54) is 11.9 Å². The Hall–Kier alpha value is -1.24. The topological polar surface area (TPSA) is 61.8 Å². The van der Waals surface area contributed by atoms with Crippen molar-refractivity contribution in [1.82, 2.24) is 9.39 Å². The van der Waals surface area contributed by atoms with Crippen LogP contribution in [0.15, 0.2) is 42.5 Å². The third-order valence-electron chi connectivity index (χ3n) is 4.76. The molecule has 29 heavy (non-hydrogen) atoms. The summed E-state index contributed by atoms with van der Waals surface area (Å²) >= 11 is 13.3. The molecule has 0 bridgehead atoms. The van der Waals surface area contributed by atoms with Crippen LogP contribution >= 0.6 is 29.7 Å².